The van der Waals surface area contributed by atoms with Gasteiger partial charge in [0.05, 0.1) is 0 Å². The zero-order chi connectivity index (χ0) is 12.4. The zero-order valence-electron chi connectivity index (χ0n) is 12.2. The van der Waals surface area contributed by atoms with Gasteiger partial charge in [-0.3, -0.25) is 0 Å². The molecule has 3 atom stereocenters. The quantitative estimate of drug-likeness (QED) is 0.773. The predicted octanol–water partition coefficient (Wildman–Crippen LogP) is 4.51. The summed E-state index contributed by atoms with van der Waals surface area (Å²) < 4.78 is 0. The average molecular weight is 249 g/mol. The third kappa shape index (κ3) is 3.29. The van der Waals surface area contributed by atoms with Gasteiger partial charge in [0.25, 0.3) is 0 Å². The average Bonchev–Trinajstić information content (AvgIpc) is 3.24. The van der Waals surface area contributed by atoms with Crippen LogP contribution in [0.15, 0.2) is 0 Å². The molecule has 1 N–H and O–H groups in total. The van der Waals surface area contributed by atoms with Crippen molar-refractivity contribution in [1.82, 2.24) is 5.32 Å². The van der Waals surface area contributed by atoms with E-state index < -0.39 is 0 Å². The molecule has 0 heterocycles. The summed E-state index contributed by atoms with van der Waals surface area (Å²) in [5, 5.41) is 4.00. The van der Waals surface area contributed by atoms with E-state index in [1.54, 1.807) is 0 Å². The minimum absolute atomic E-state index is 0.772. The minimum atomic E-state index is 0.772. The Balaban J connectivity index is 1.45. The van der Waals surface area contributed by atoms with E-state index in [1.165, 1.54) is 70.6 Å². The maximum atomic E-state index is 4.00. The summed E-state index contributed by atoms with van der Waals surface area (Å²) in [5.74, 6) is 3.18. The first-order chi connectivity index (χ1) is 8.83. The van der Waals surface area contributed by atoms with E-state index in [0.29, 0.717) is 0 Å². The van der Waals surface area contributed by atoms with E-state index >= 15 is 0 Å². The van der Waals surface area contributed by atoms with Gasteiger partial charge in [-0.25, -0.2) is 0 Å². The lowest BCUT2D eigenvalue weighted by Gasteiger charge is -2.35. The highest BCUT2D eigenvalue weighted by Gasteiger charge is 2.35. The van der Waals surface area contributed by atoms with Crippen molar-refractivity contribution >= 4 is 0 Å². The number of hydrogen-bond acceptors (Lipinski definition) is 1. The molecule has 2 unspecified atom stereocenters. The zero-order valence-corrected chi connectivity index (χ0v) is 12.2. The monoisotopic (exact) mass is 249 g/mol. The molecule has 1 heteroatoms. The van der Waals surface area contributed by atoms with Crippen molar-refractivity contribution in [3.8, 4) is 0 Å². The maximum absolute atomic E-state index is 4.00. The van der Waals surface area contributed by atoms with E-state index in [2.05, 4.69) is 12.2 Å². The summed E-state index contributed by atoms with van der Waals surface area (Å²) in [5.41, 5.74) is 0. The van der Waals surface area contributed by atoms with Crippen molar-refractivity contribution < 1.29 is 0 Å². The topological polar surface area (TPSA) is 12.0 Å². The fourth-order valence-electron chi connectivity index (χ4n) is 4.52. The molecule has 0 amide bonds. The second-order valence-electron chi connectivity index (χ2n) is 7.31. The summed E-state index contributed by atoms with van der Waals surface area (Å²) in [7, 11) is 0. The largest absolute Gasteiger partial charge is 0.311 e. The number of hydrogen-bond donors (Lipinski definition) is 1. The molecule has 3 rings (SSSR count). The lowest BCUT2D eigenvalue weighted by atomic mass is 9.80. The first kappa shape index (κ1) is 13.0. The second kappa shape index (κ2) is 5.94. The lowest BCUT2D eigenvalue weighted by Crippen LogP contribution is -2.44. The minimum Gasteiger partial charge on any atom is -0.311 e. The Morgan fingerprint density at radius 2 is 1.56 bits per heavy atom. The molecule has 3 fully saturated rings. The third-order valence-electron chi connectivity index (χ3n) is 5.86. The molecule has 0 aromatic carbocycles. The molecule has 0 bridgehead atoms. The van der Waals surface area contributed by atoms with Crippen LogP contribution in [-0.4, -0.2) is 12.1 Å². The molecule has 3 saturated carbocycles. The summed E-state index contributed by atoms with van der Waals surface area (Å²) in [6, 6.07) is 1.62. The van der Waals surface area contributed by atoms with Crippen LogP contribution in [0.2, 0.25) is 0 Å². The Morgan fingerprint density at radius 1 is 0.778 bits per heavy atom. The highest BCUT2D eigenvalue weighted by molar-refractivity contribution is 4.89. The van der Waals surface area contributed by atoms with E-state index in [9.17, 15) is 0 Å². The van der Waals surface area contributed by atoms with E-state index in [1.807, 2.05) is 0 Å². The predicted molar refractivity (Wildman–Crippen MR) is 77.6 cm³/mol. The van der Waals surface area contributed by atoms with Gasteiger partial charge in [-0.05, 0) is 63.2 Å². The van der Waals surface area contributed by atoms with Crippen LogP contribution in [0.4, 0.5) is 0 Å². The highest BCUT2D eigenvalue weighted by Crippen LogP contribution is 2.44. The molecule has 0 spiro atoms. The maximum Gasteiger partial charge on any atom is 0.00723 e. The number of nitrogens with one attached hydrogen (secondary N) is 1. The van der Waals surface area contributed by atoms with Gasteiger partial charge < -0.3 is 5.32 Å². The first-order valence-corrected chi connectivity index (χ1v) is 8.59. The normalized spacial score (nSPS) is 36.5. The van der Waals surface area contributed by atoms with Crippen molar-refractivity contribution in [2.75, 3.05) is 0 Å². The van der Waals surface area contributed by atoms with Crippen LogP contribution >= 0.6 is 0 Å². The van der Waals surface area contributed by atoms with Gasteiger partial charge in [0.1, 0.15) is 0 Å². The van der Waals surface area contributed by atoms with Gasteiger partial charge >= 0.3 is 0 Å². The van der Waals surface area contributed by atoms with E-state index in [-0.39, 0.29) is 0 Å². The second-order valence-corrected chi connectivity index (χ2v) is 7.31. The molecule has 1 nitrogen and oxygen atoms in total. The van der Waals surface area contributed by atoms with Gasteiger partial charge in [-0.15, -0.1) is 0 Å². The summed E-state index contributed by atoms with van der Waals surface area (Å²) >= 11 is 0. The standard InChI is InChI=1S/C17H31N/c1-13(14-6-3-2-4-7-14)18-17-9-5-8-16(12-17)15-10-11-15/h13-18H,2-12H2,1H3/t13-,16?,17?/m0/s1. The van der Waals surface area contributed by atoms with Crippen molar-refractivity contribution in [2.24, 2.45) is 17.8 Å². The molecule has 0 aliphatic heterocycles. The summed E-state index contributed by atoms with van der Waals surface area (Å²) in [6.45, 7) is 2.46. The van der Waals surface area contributed by atoms with Crippen molar-refractivity contribution in [3.05, 3.63) is 0 Å². The third-order valence-corrected chi connectivity index (χ3v) is 5.86. The van der Waals surface area contributed by atoms with E-state index in [4.69, 9.17) is 0 Å². The Morgan fingerprint density at radius 3 is 2.28 bits per heavy atom. The van der Waals surface area contributed by atoms with Crippen LogP contribution in [0.5, 0.6) is 0 Å². The van der Waals surface area contributed by atoms with Crippen LogP contribution in [-0.2, 0) is 0 Å². The van der Waals surface area contributed by atoms with E-state index in [0.717, 1.165) is 29.8 Å². The van der Waals surface area contributed by atoms with Crippen LogP contribution in [0, 0.1) is 17.8 Å². The SMILES string of the molecule is C[C@H](NC1CCCC(C2CC2)C1)C1CCCCC1. The fourth-order valence-corrected chi connectivity index (χ4v) is 4.52. The van der Waals surface area contributed by atoms with Gasteiger partial charge in [0.2, 0.25) is 0 Å². The van der Waals surface area contributed by atoms with Crippen LogP contribution in [0.1, 0.15) is 77.6 Å². The molecular formula is C17H31N. The Kier molecular flexibility index (Phi) is 4.28. The molecule has 0 saturated heterocycles. The molecule has 18 heavy (non-hydrogen) atoms. The van der Waals surface area contributed by atoms with Gasteiger partial charge in [-0.2, -0.15) is 0 Å². The fraction of sp³-hybridized carbons (Fsp3) is 1.00. The van der Waals surface area contributed by atoms with Crippen molar-refractivity contribution in [2.45, 2.75) is 89.6 Å². The van der Waals surface area contributed by atoms with Crippen LogP contribution in [0.3, 0.4) is 0 Å². The molecule has 0 radical (unpaired) electrons. The Hall–Kier alpha value is -0.0400. The Bertz CT molecular complexity index is 252. The van der Waals surface area contributed by atoms with Crippen molar-refractivity contribution in [1.29, 1.82) is 0 Å². The molecule has 3 aliphatic rings. The highest BCUT2D eigenvalue weighted by atomic mass is 15.0. The summed E-state index contributed by atoms with van der Waals surface area (Å²) in [6.07, 6.45) is 16.4. The summed E-state index contributed by atoms with van der Waals surface area (Å²) in [4.78, 5) is 0. The number of rotatable bonds is 4. The van der Waals surface area contributed by atoms with Crippen LogP contribution < -0.4 is 5.32 Å². The molecular weight excluding hydrogens is 218 g/mol. The lowest BCUT2D eigenvalue weighted by molar-refractivity contribution is 0.209. The van der Waals surface area contributed by atoms with Gasteiger partial charge in [0.15, 0.2) is 0 Å². The van der Waals surface area contributed by atoms with Gasteiger partial charge in [-0.1, -0.05) is 32.1 Å². The molecule has 0 aromatic heterocycles. The smallest absolute Gasteiger partial charge is 0.00723 e. The first-order valence-electron chi connectivity index (χ1n) is 8.59. The Labute approximate surface area is 113 Å². The van der Waals surface area contributed by atoms with Gasteiger partial charge in [0, 0.05) is 12.1 Å². The molecule has 3 aliphatic carbocycles. The van der Waals surface area contributed by atoms with Crippen molar-refractivity contribution in [3.63, 3.8) is 0 Å². The molecule has 0 aromatic rings. The van der Waals surface area contributed by atoms with Crippen LogP contribution in [0.25, 0.3) is 0 Å². The molecule has 104 valence electrons.